The van der Waals surface area contributed by atoms with Crippen molar-refractivity contribution < 1.29 is 9.90 Å². The van der Waals surface area contributed by atoms with E-state index in [-0.39, 0.29) is 0 Å². The Bertz CT molecular complexity index is 1190. The first-order valence-electron chi connectivity index (χ1n) is 9.59. The van der Waals surface area contributed by atoms with Gasteiger partial charge in [-0.05, 0) is 74.5 Å². The van der Waals surface area contributed by atoms with Crippen molar-refractivity contribution in [3.63, 3.8) is 0 Å². The van der Waals surface area contributed by atoms with E-state index in [4.69, 9.17) is 23.2 Å². The molecule has 3 aromatic carbocycles. The van der Waals surface area contributed by atoms with Gasteiger partial charge in [0, 0.05) is 27.0 Å². The predicted molar refractivity (Wildman–Crippen MR) is 122 cm³/mol. The van der Waals surface area contributed by atoms with Crippen LogP contribution in [0, 0.1) is 11.3 Å². The lowest BCUT2D eigenvalue weighted by Crippen LogP contribution is -2.56. The lowest BCUT2D eigenvalue weighted by atomic mass is 9.83. The average molecular weight is 452 g/mol. The second-order valence-corrected chi connectivity index (χ2v) is 8.70. The summed E-state index contributed by atoms with van der Waals surface area (Å²) >= 11 is 12.1. The van der Waals surface area contributed by atoms with Crippen LogP contribution in [0.15, 0.2) is 72.8 Å². The molecule has 1 aliphatic heterocycles. The van der Waals surface area contributed by atoms with Crippen LogP contribution in [-0.4, -0.2) is 16.7 Å². The van der Waals surface area contributed by atoms with E-state index in [0.717, 1.165) is 0 Å². The van der Waals surface area contributed by atoms with E-state index in [1.165, 1.54) is 9.80 Å². The minimum Gasteiger partial charge on any atom is -0.365 e. The summed E-state index contributed by atoms with van der Waals surface area (Å²) in [5.74, 6) is 0. The quantitative estimate of drug-likeness (QED) is 0.535. The van der Waals surface area contributed by atoms with Gasteiger partial charge in [-0.1, -0.05) is 35.3 Å². The molecule has 0 saturated carbocycles. The van der Waals surface area contributed by atoms with Crippen LogP contribution in [0.1, 0.15) is 25.0 Å². The molecule has 5 nitrogen and oxygen atoms in total. The molecule has 2 amide bonds. The Hall–Kier alpha value is -3.04. The van der Waals surface area contributed by atoms with Crippen LogP contribution in [-0.2, 0) is 5.72 Å². The molecule has 0 spiro atoms. The molecule has 0 radical (unpaired) electrons. The van der Waals surface area contributed by atoms with Gasteiger partial charge in [-0.15, -0.1) is 0 Å². The van der Waals surface area contributed by atoms with E-state index in [1.807, 2.05) is 0 Å². The number of hydrogen-bond acceptors (Lipinski definition) is 3. The van der Waals surface area contributed by atoms with Gasteiger partial charge in [0.2, 0.25) is 0 Å². The van der Waals surface area contributed by atoms with Gasteiger partial charge < -0.3 is 5.11 Å². The topological polar surface area (TPSA) is 67.6 Å². The average Bonchev–Trinajstić information content (AvgIpc) is 2.92. The molecule has 1 fully saturated rings. The zero-order valence-electron chi connectivity index (χ0n) is 16.9. The number of urea groups is 1. The Morgan fingerprint density at radius 1 is 0.871 bits per heavy atom. The molecule has 1 heterocycles. The summed E-state index contributed by atoms with van der Waals surface area (Å²) in [4.78, 5) is 16.7. The van der Waals surface area contributed by atoms with Crippen LogP contribution in [0.25, 0.3) is 0 Å². The number of halogens is 2. The smallest absolute Gasteiger partial charge is 0.332 e. The number of aliphatic hydroxyl groups is 1. The molecule has 1 unspecified atom stereocenters. The summed E-state index contributed by atoms with van der Waals surface area (Å²) in [6, 6.07) is 21.9. The Morgan fingerprint density at radius 3 is 1.90 bits per heavy atom. The molecule has 1 N–H and O–H groups in total. The first-order chi connectivity index (χ1) is 14.7. The molecule has 3 aromatic rings. The fourth-order valence-corrected chi connectivity index (χ4v) is 4.36. The van der Waals surface area contributed by atoms with Crippen LogP contribution in [0.2, 0.25) is 10.0 Å². The number of hydrogen-bond donors (Lipinski definition) is 1. The molecule has 1 saturated heterocycles. The zero-order chi connectivity index (χ0) is 22.4. The number of carbonyl (C=O) groups is 1. The summed E-state index contributed by atoms with van der Waals surface area (Å²) in [6.07, 6.45) is 0. The summed E-state index contributed by atoms with van der Waals surface area (Å²) in [6.45, 7) is 3.57. The molecular formula is C24H19Cl2N3O2. The van der Waals surface area contributed by atoms with Crippen molar-refractivity contribution in [3.8, 4) is 6.07 Å². The van der Waals surface area contributed by atoms with Gasteiger partial charge >= 0.3 is 6.03 Å². The van der Waals surface area contributed by atoms with Crippen molar-refractivity contribution in [3.05, 3.63) is 94.0 Å². The third-order valence-corrected chi connectivity index (χ3v) is 6.19. The highest BCUT2D eigenvalue weighted by molar-refractivity contribution is 6.31. The van der Waals surface area contributed by atoms with Crippen molar-refractivity contribution in [2.75, 3.05) is 9.80 Å². The molecular weight excluding hydrogens is 433 g/mol. The Kier molecular flexibility index (Phi) is 5.18. The van der Waals surface area contributed by atoms with Crippen LogP contribution >= 0.6 is 23.2 Å². The van der Waals surface area contributed by atoms with Gasteiger partial charge in [0.25, 0.3) is 0 Å². The number of anilines is 2. The Morgan fingerprint density at radius 2 is 1.39 bits per heavy atom. The highest BCUT2D eigenvalue weighted by Crippen LogP contribution is 2.50. The zero-order valence-corrected chi connectivity index (χ0v) is 18.4. The minimum absolute atomic E-state index is 0.384. The van der Waals surface area contributed by atoms with E-state index in [0.29, 0.717) is 32.5 Å². The number of benzene rings is 3. The van der Waals surface area contributed by atoms with Crippen molar-refractivity contribution in [2.45, 2.75) is 25.1 Å². The highest BCUT2D eigenvalue weighted by atomic mass is 35.5. The Balaban J connectivity index is 1.98. The summed E-state index contributed by atoms with van der Waals surface area (Å²) in [5.41, 5.74) is -1.03. The standard InChI is InChI=1S/C24H19Cl2N3O2/c1-23(2)24(31,17-5-3-4-16(14-17)15-27)29(21-12-8-19(26)9-13-21)22(30)28(23)20-10-6-18(25)7-11-20/h3-14,31H,1-2H3. The van der Waals surface area contributed by atoms with Crippen molar-refractivity contribution in [1.29, 1.82) is 5.26 Å². The molecule has 0 bridgehead atoms. The van der Waals surface area contributed by atoms with Crippen molar-refractivity contribution in [1.82, 2.24) is 0 Å². The number of amides is 2. The van der Waals surface area contributed by atoms with Gasteiger partial charge in [-0.2, -0.15) is 5.26 Å². The predicted octanol–water partition coefficient (Wildman–Crippen LogP) is 5.94. The highest BCUT2D eigenvalue weighted by Gasteiger charge is 2.64. The Labute approximate surface area is 190 Å². The van der Waals surface area contributed by atoms with Gasteiger partial charge in [-0.3, -0.25) is 9.80 Å². The van der Waals surface area contributed by atoms with Crippen LogP contribution in [0.3, 0.4) is 0 Å². The van der Waals surface area contributed by atoms with E-state index >= 15 is 0 Å². The summed E-state index contributed by atoms with van der Waals surface area (Å²) < 4.78 is 0. The first-order valence-corrected chi connectivity index (χ1v) is 10.3. The first kappa shape index (κ1) is 21.2. The summed E-state index contributed by atoms with van der Waals surface area (Å²) in [7, 11) is 0. The molecule has 4 rings (SSSR count). The number of carbonyl (C=O) groups excluding carboxylic acids is 1. The van der Waals surface area contributed by atoms with E-state index in [9.17, 15) is 15.2 Å². The molecule has 31 heavy (non-hydrogen) atoms. The fraction of sp³-hybridized carbons (Fsp3) is 0.167. The molecule has 156 valence electrons. The van der Waals surface area contributed by atoms with Gasteiger partial charge in [0.1, 0.15) is 0 Å². The number of nitriles is 1. The van der Waals surface area contributed by atoms with E-state index < -0.39 is 17.3 Å². The largest absolute Gasteiger partial charge is 0.365 e. The third-order valence-electron chi connectivity index (χ3n) is 5.68. The maximum atomic E-state index is 13.8. The van der Waals surface area contributed by atoms with Gasteiger partial charge in [-0.25, -0.2) is 4.79 Å². The maximum absolute atomic E-state index is 13.8. The lowest BCUT2D eigenvalue weighted by Gasteiger charge is -2.42. The molecule has 1 atom stereocenters. The number of nitrogens with zero attached hydrogens (tertiary/aromatic N) is 3. The normalized spacial score (nSPS) is 20.1. The van der Waals surface area contributed by atoms with Crippen LogP contribution in [0.5, 0.6) is 0 Å². The van der Waals surface area contributed by atoms with Crippen molar-refractivity contribution in [2.24, 2.45) is 0 Å². The fourth-order valence-electron chi connectivity index (χ4n) is 4.11. The second kappa shape index (κ2) is 7.58. The molecule has 0 aliphatic carbocycles. The van der Waals surface area contributed by atoms with Crippen molar-refractivity contribution >= 4 is 40.6 Å². The lowest BCUT2D eigenvalue weighted by molar-refractivity contribution is -0.00248. The number of rotatable bonds is 3. The van der Waals surface area contributed by atoms with Gasteiger partial charge in [0.15, 0.2) is 5.72 Å². The van der Waals surface area contributed by atoms with Crippen LogP contribution < -0.4 is 9.80 Å². The monoisotopic (exact) mass is 451 g/mol. The van der Waals surface area contributed by atoms with Crippen LogP contribution in [0.4, 0.5) is 16.2 Å². The summed E-state index contributed by atoms with van der Waals surface area (Å²) in [5, 5.41) is 22.7. The van der Waals surface area contributed by atoms with Gasteiger partial charge in [0.05, 0.1) is 17.2 Å². The molecule has 7 heteroatoms. The SMILES string of the molecule is CC1(C)N(c2ccc(Cl)cc2)C(=O)N(c2ccc(Cl)cc2)C1(O)c1cccc(C#N)c1. The van der Waals surface area contributed by atoms with E-state index in [1.54, 1.807) is 86.6 Å². The third kappa shape index (κ3) is 3.24. The second-order valence-electron chi connectivity index (χ2n) is 7.83. The molecule has 0 aromatic heterocycles. The minimum atomic E-state index is -1.79. The maximum Gasteiger partial charge on any atom is 0.332 e. The van der Waals surface area contributed by atoms with E-state index in [2.05, 4.69) is 6.07 Å². The molecule has 1 aliphatic rings.